The van der Waals surface area contributed by atoms with E-state index in [1.807, 2.05) is 0 Å². The standard InChI is InChI=1S/C9H16N2O3/c1-4-5-10-8(12)6-11(2)7-9(13)14-3/h4H,1,5-7H2,2-3H3,(H,10,12). The van der Waals surface area contributed by atoms with Gasteiger partial charge in [0.05, 0.1) is 20.2 Å². The van der Waals surface area contributed by atoms with Crippen LogP contribution in [-0.4, -0.2) is 50.6 Å². The predicted octanol–water partition coefficient (Wildman–Crippen LogP) is -0.607. The van der Waals surface area contributed by atoms with Crippen LogP contribution in [0.15, 0.2) is 12.7 Å². The summed E-state index contributed by atoms with van der Waals surface area (Å²) in [5.74, 6) is -0.500. The number of methoxy groups -OCH3 is 1. The molecule has 0 aromatic heterocycles. The second kappa shape index (κ2) is 7.08. The Morgan fingerprint density at radius 3 is 2.64 bits per heavy atom. The first-order valence-electron chi connectivity index (χ1n) is 4.23. The molecule has 80 valence electrons. The van der Waals surface area contributed by atoms with Crippen LogP contribution in [0.2, 0.25) is 0 Å². The fourth-order valence-corrected chi connectivity index (χ4v) is 0.828. The summed E-state index contributed by atoms with van der Waals surface area (Å²) in [7, 11) is 2.98. The van der Waals surface area contributed by atoms with Gasteiger partial charge in [-0.2, -0.15) is 0 Å². The van der Waals surface area contributed by atoms with Crippen molar-refractivity contribution in [3.05, 3.63) is 12.7 Å². The van der Waals surface area contributed by atoms with Gasteiger partial charge in [0.25, 0.3) is 0 Å². The topological polar surface area (TPSA) is 58.6 Å². The Morgan fingerprint density at radius 1 is 1.50 bits per heavy atom. The van der Waals surface area contributed by atoms with Crippen molar-refractivity contribution in [3.63, 3.8) is 0 Å². The zero-order valence-corrected chi connectivity index (χ0v) is 8.58. The highest BCUT2D eigenvalue weighted by atomic mass is 16.5. The van der Waals surface area contributed by atoms with Gasteiger partial charge in [0.1, 0.15) is 0 Å². The van der Waals surface area contributed by atoms with Crippen LogP contribution >= 0.6 is 0 Å². The third-order valence-corrected chi connectivity index (χ3v) is 1.48. The summed E-state index contributed by atoms with van der Waals surface area (Å²) in [5, 5.41) is 2.60. The minimum atomic E-state index is -0.357. The van der Waals surface area contributed by atoms with Gasteiger partial charge in [-0.25, -0.2) is 0 Å². The molecule has 5 nitrogen and oxygen atoms in total. The van der Waals surface area contributed by atoms with Gasteiger partial charge in [-0.05, 0) is 7.05 Å². The maximum atomic E-state index is 11.1. The number of hydrogen-bond acceptors (Lipinski definition) is 4. The molecule has 0 aliphatic heterocycles. The number of amides is 1. The molecule has 1 amide bonds. The lowest BCUT2D eigenvalue weighted by molar-refractivity contribution is -0.141. The smallest absolute Gasteiger partial charge is 0.319 e. The maximum absolute atomic E-state index is 11.1. The molecule has 0 saturated heterocycles. The zero-order valence-electron chi connectivity index (χ0n) is 8.58. The van der Waals surface area contributed by atoms with Gasteiger partial charge in [-0.1, -0.05) is 6.08 Å². The molecule has 14 heavy (non-hydrogen) atoms. The molecule has 0 atom stereocenters. The van der Waals surface area contributed by atoms with Crippen LogP contribution < -0.4 is 5.32 Å². The second-order valence-electron chi connectivity index (χ2n) is 2.84. The third kappa shape index (κ3) is 6.19. The average Bonchev–Trinajstić information content (AvgIpc) is 2.14. The first kappa shape index (κ1) is 12.6. The molecular formula is C9H16N2O3. The molecule has 0 fully saturated rings. The van der Waals surface area contributed by atoms with Crippen molar-refractivity contribution in [1.29, 1.82) is 0 Å². The van der Waals surface area contributed by atoms with E-state index in [2.05, 4.69) is 16.6 Å². The molecule has 0 aliphatic carbocycles. The molecule has 0 unspecified atom stereocenters. The fourth-order valence-electron chi connectivity index (χ4n) is 0.828. The monoisotopic (exact) mass is 200 g/mol. The predicted molar refractivity (Wildman–Crippen MR) is 52.7 cm³/mol. The normalized spacial score (nSPS) is 9.64. The van der Waals surface area contributed by atoms with Crippen LogP contribution in [0.25, 0.3) is 0 Å². The van der Waals surface area contributed by atoms with Crippen molar-refractivity contribution < 1.29 is 14.3 Å². The van der Waals surface area contributed by atoms with E-state index in [1.165, 1.54) is 7.11 Å². The number of likely N-dealkylation sites (N-methyl/N-ethyl adjacent to an activating group) is 1. The molecule has 0 aromatic carbocycles. The zero-order chi connectivity index (χ0) is 11.0. The molecule has 1 N–H and O–H groups in total. The van der Waals surface area contributed by atoms with Crippen LogP contribution in [0.4, 0.5) is 0 Å². The molecule has 0 aromatic rings. The number of nitrogens with one attached hydrogen (secondary N) is 1. The lowest BCUT2D eigenvalue weighted by Gasteiger charge is -2.13. The van der Waals surface area contributed by atoms with E-state index in [-0.39, 0.29) is 25.0 Å². The van der Waals surface area contributed by atoms with Crippen molar-refractivity contribution in [3.8, 4) is 0 Å². The summed E-state index contributed by atoms with van der Waals surface area (Å²) in [6, 6.07) is 0. The van der Waals surface area contributed by atoms with Gasteiger partial charge in [0.15, 0.2) is 0 Å². The summed E-state index contributed by atoms with van der Waals surface area (Å²) in [6.07, 6.45) is 1.60. The van der Waals surface area contributed by atoms with Gasteiger partial charge < -0.3 is 10.1 Å². The number of rotatable bonds is 6. The van der Waals surface area contributed by atoms with Crippen LogP contribution in [0.3, 0.4) is 0 Å². The molecular weight excluding hydrogens is 184 g/mol. The molecule has 0 spiro atoms. The van der Waals surface area contributed by atoms with Crippen LogP contribution in [0.1, 0.15) is 0 Å². The van der Waals surface area contributed by atoms with Crippen molar-refractivity contribution in [2.24, 2.45) is 0 Å². The van der Waals surface area contributed by atoms with Gasteiger partial charge in [-0.3, -0.25) is 14.5 Å². The number of carbonyl (C=O) groups excluding carboxylic acids is 2. The molecule has 0 heterocycles. The van der Waals surface area contributed by atoms with E-state index in [9.17, 15) is 9.59 Å². The number of esters is 1. The summed E-state index contributed by atoms with van der Waals surface area (Å²) in [4.78, 5) is 23.5. The average molecular weight is 200 g/mol. The summed E-state index contributed by atoms with van der Waals surface area (Å²) in [6.45, 7) is 4.19. The van der Waals surface area contributed by atoms with Gasteiger partial charge in [0, 0.05) is 6.54 Å². The molecule has 0 saturated carbocycles. The Bertz CT molecular complexity index is 216. The van der Waals surface area contributed by atoms with Crippen LogP contribution in [-0.2, 0) is 14.3 Å². The molecule has 0 radical (unpaired) electrons. The number of nitrogens with zero attached hydrogens (tertiary/aromatic N) is 1. The Kier molecular flexibility index (Phi) is 6.39. The minimum absolute atomic E-state index is 0.109. The fraction of sp³-hybridized carbons (Fsp3) is 0.556. The highest BCUT2D eigenvalue weighted by Crippen LogP contribution is 1.84. The summed E-state index contributed by atoms with van der Waals surface area (Å²) in [5.41, 5.74) is 0. The lowest BCUT2D eigenvalue weighted by atomic mass is 10.4. The van der Waals surface area contributed by atoms with Crippen molar-refractivity contribution in [2.45, 2.75) is 0 Å². The number of hydrogen-bond donors (Lipinski definition) is 1. The Labute approximate surface area is 83.7 Å². The molecule has 0 bridgehead atoms. The third-order valence-electron chi connectivity index (χ3n) is 1.48. The van der Waals surface area contributed by atoms with E-state index >= 15 is 0 Å². The van der Waals surface area contributed by atoms with Crippen molar-refractivity contribution >= 4 is 11.9 Å². The van der Waals surface area contributed by atoms with E-state index in [0.29, 0.717) is 6.54 Å². The van der Waals surface area contributed by atoms with Gasteiger partial charge >= 0.3 is 5.97 Å². The Hall–Kier alpha value is -1.36. The Balaban J connectivity index is 3.70. The van der Waals surface area contributed by atoms with E-state index in [4.69, 9.17) is 0 Å². The van der Waals surface area contributed by atoms with Crippen LogP contribution in [0.5, 0.6) is 0 Å². The molecule has 0 rings (SSSR count). The number of ether oxygens (including phenoxy) is 1. The quantitative estimate of drug-likeness (QED) is 0.459. The maximum Gasteiger partial charge on any atom is 0.319 e. The van der Waals surface area contributed by atoms with Crippen molar-refractivity contribution in [2.75, 3.05) is 33.8 Å². The van der Waals surface area contributed by atoms with Gasteiger partial charge in [0.2, 0.25) is 5.91 Å². The number of carbonyl (C=O) groups is 2. The first-order chi connectivity index (χ1) is 6.60. The van der Waals surface area contributed by atoms with Gasteiger partial charge in [-0.15, -0.1) is 6.58 Å². The highest BCUT2D eigenvalue weighted by molar-refractivity contribution is 5.79. The first-order valence-corrected chi connectivity index (χ1v) is 4.23. The van der Waals surface area contributed by atoms with E-state index in [1.54, 1.807) is 18.0 Å². The lowest BCUT2D eigenvalue weighted by Crippen LogP contribution is -2.37. The summed E-state index contributed by atoms with van der Waals surface area (Å²) >= 11 is 0. The SMILES string of the molecule is C=CCNC(=O)CN(C)CC(=O)OC. The summed E-state index contributed by atoms with van der Waals surface area (Å²) < 4.78 is 4.46. The van der Waals surface area contributed by atoms with E-state index in [0.717, 1.165) is 0 Å². The molecule has 5 heteroatoms. The van der Waals surface area contributed by atoms with E-state index < -0.39 is 0 Å². The highest BCUT2D eigenvalue weighted by Gasteiger charge is 2.09. The minimum Gasteiger partial charge on any atom is -0.468 e. The molecule has 0 aliphatic rings. The van der Waals surface area contributed by atoms with Crippen molar-refractivity contribution in [1.82, 2.24) is 10.2 Å². The van der Waals surface area contributed by atoms with Crippen LogP contribution in [0, 0.1) is 0 Å². The largest absolute Gasteiger partial charge is 0.468 e. The Morgan fingerprint density at radius 2 is 2.14 bits per heavy atom. The second-order valence-corrected chi connectivity index (χ2v) is 2.84.